The summed E-state index contributed by atoms with van der Waals surface area (Å²) in [6, 6.07) is -0.478. The molecule has 0 unspecified atom stereocenters. The lowest BCUT2D eigenvalue weighted by atomic mass is 9.98. The molecule has 4 N–H and O–H groups in total. The Labute approximate surface area is 242 Å². The SMILES string of the molecule is CCN1CC(=O)N(C(C)(C)CCNC(=S)NCCCNC(=S)NCCC(C)(C)N2C(=O)CN(CC)C2=O)C1=O. The van der Waals surface area contributed by atoms with E-state index in [1.807, 2.05) is 41.5 Å². The van der Waals surface area contributed by atoms with Crippen LogP contribution in [-0.4, -0.2) is 117 Å². The molecule has 0 spiro atoms. The zero-order valence-electron chi connectivity index (χ0n) is 24.0. The van der Waals surface area contributed by atoms with Gasteiger partial charge >= 0.3 is 12.1 Å². The second-order valence-electron chi connectivity index (χ2n) is 10.9. The second kappa shape index (κ2) is 14.1. The summed E-state index contributed by atoms with van der Waals surface area (Å²) in [7, 11) is 0. The maximum atomic E-state index is 12.5. The molecule has 0 bridgehead atoms. The Morgan fingerprint density at radius 3 is 1.31 bits per heavy atom. The monoisotopic (exact) mass is 584 g/mol. The van der Waals surface area contributed by atoms with Crippen LogP contribution in [0, 0.1) is 0 Å². The lowest BCUT2D eigenvalue weighted by Crippen LogP contribution is -2.50. The van der Waals surface area contributed by atoms with Gasteiger partial charge in [0.15, 0.2) is 10.2 Å². The fourth-order valence-electron chi connectivity index (χ4n) is 4.59. The minimum absolute atomic E-state index is 0.135. The number of nitrogens with one attached hydrogen (secondary N) is 4. The van der Waals surface area contributed by atoms with Gasteiger partial charge in [-0.05, 0) is 85.2 Å². The van der Waals surface area contributed by atoms with E-state index in [1.54, 1.807) is 9.80 Å². The summed E-state index contributed by atoms with van der Waals surface area (Å²) < 4.78 is 0. The van der Waals surface area contributed by atoms with Gasteiger partial charge in [0.1, 0.15) is 13.1 Å². The smallest absolute Gasteiger partial charge is 0.327 e. The lowest BCUT2D eigenvalue weighted by molar-refractivity contribution is -0.129. The van der Waals surface area contributed by atoms with E-state index >= 15 is 0 Å². The van der Waals surface area contributed by atoms with Gasteiger partial charge in [-0.1, -0.05) is 0 Å². The first-order valence-corrected chi connectivity index (χ1v) is 14.3. The van der Waals surface area contributed by atoms with Gasteiger partial charge in [-0.25, -0.2) is 9.59 Å². The van der Waals surface area contributed by atoms with Crippen LogP contribution in [-0.2, 0) is 9.59 Å². The van der Waals surface area contributed by atoms with Crippen molar-refractivity contribution in [2.75, 3.05) is 52.4 Å². The molecule has 2 rings (SSSR count). The van der Waals surface area contributed by atoms with Crippen molar-refractivity contribution in [3.8, 4) is 0 Å². The number of urea groups is 2. The normalized spacial score (nSPS) is 16.4. The number of rotatable bonds is 14. The highest BCUT2D eigenvalue weighted by molar-refractivity contribution is 7.80. The van der Waals surface area contributed by atoms with Crippen LogP contribution in [0.2, 0.25) is 0 Å². The maximum absolute atomic E-state index is 12.5. The fourth-order valence-corrected chi connectivity index (χ4v) is 5.00. The lowest BCUT2D eigenvalue weighted by Gasteiger charge is -2.33. The van der Waals surface area contributed by atoms with Gasteiger partial charge in [0.2, 0.25) is 0 Å². The quantitative estimate of drug-likeness (QED) is 0.134. The van der Waals surface area contributed by atoms with Crippen LogP contribution in [0.15, 0.2) is 0 Å². The van der Waals surface area contributed by atoms with E-state index in [1.165, 1.54) is 9.80 Å². The Kier molecular flexibility index (Phi) is 11.7. The van der Waals surface area contributed by atoms with Gasteiger partial charge in [-0.2, -0.15) is 0 Å². The summed E-state index contributed by atoms with van der Waals surface area (Å²) in [5, 5.41) is 13.6. The molecule has 14 heteroatoms. The third kappa shape index (κ3) is 8.62. The molecule has 0 aromatic carbocycles. The van der Waals surface area contributed by atoms with Crippen LogP contribution >= 0.6 is 24.4 Å². The summed E-state index contributed by atoms with van der Waals surface area (Å²) in [4.78, 5) is 55.3. The van der Waals surface area contributed by atoms with Gasteiger partial charge < -0.3 is 31.1 Å². The zero-order chi connectivity index (χ0) is 29.4. The van der Waals surface area contributed by atoms with Gasteiger partial charge in [0.25, 0.3) is 11.8 Å². The summed E-state index contributed by atoms with van der Waals surface area (Å²) in [6.07, 6.45) is 1.91. The Hall–Kier alpha value is -2.74. The average Bonchev–Trinajstić information content (AvgIpc) is 3.32. The number of carbonyl (C=O) groups is 4. The fraction of sp³-hybridized carbons (Fsp3) is 0.760. The number of carbonyl (C=O) groups excluding carboxylic acids is 4. The molecule has 2 aliphatic rings. The maximum Gasteiger partial charge on any atom is 0.327 e. The van der Waals surface area contributed by atoms with Crippen molar-refractivity contribution in [1.82, 2.24) is 40.9 Å². The molecule has 2 saturated heterocycles. The summed E-state index contributed by atoms with van der Waals surface area (Å²) in [5.41, 5.74) is -1.23. The van der Waals surface area contributed by atoms with E-state index in [9.17, 15) is 19.2 Å². The third-order valence-electron chi connectivity index (χ3n) is 7.02. The minimum Gasteiger partial charge on any atom is -0.363 e. The Morgan fingerprint density at radius 2 is 1.00 bits per heavy atom. The van der Waals surface area contributed by atoms with E-state index in [0.29, 0.717) is 62.3 Å². The first-order valence-electron chi connectivity index (χ1n) is 13.5. The van der Waals surface area contributed by atoms with Gasteiger partial charge in [-0.3, -0.25) is 19.4 Å². The summed E-state index contributed by atoms with van der Waals surface area (Å²) in [5.74, 6) is -0.340. The molecule has 220 valence electrons. The van der Waals surface area contributed by atoms with Gasteiger partial charge in [0, 0.05) is 50.3 Å². The number of likely N-dealkylation sites (N-methyl/N-ethyl adjacent to an activating group) is 2. The first-order chi connectivity index (χ1) is 18.2. The van der Waals surface area contributed by atoms with Gasteiger partial charge in [0.05, 0.1) is 0 Å². The standard InChI is InChI=1S/C25H44N8O4S2/c1-7-30-16-18(34)32(22(30)36)24(3,4)10-14-28-20(38)26-12-9-13-27-21(39)29-15-11-25(5,6)33-19(35)17-31(8-2)23(33)37/h7-17H2,1-6H3,(H2,26,28,38)(H2,27,29,39). The number of hydrogen-bond donors (Lipinski definition) is 4. The molecule has 2 aliphatic heterocycles. The molecule has 0 atom stereocenters. The van der Waals surface area contributed by atoms with Crippen LogP contribution in [0.4, 0.5) is 9.59 Å². The minimum atomic E-state index is -0.613. The van der Waals surface area contributed by atoms with Crippen molar-refractivity contribution in [1.29, 1.82) is 0 Å². The largest absolute Gasteiger partial charge is 0.363 e. The molecule has 2 fully saturated rings. The van der Waals surface area contributed by atoms with Crippen molar-refractivity contribution in [2.45, 2.75) is 71.9 Å². The highest BCUT2D eigenvalue weighted by Crippen LogP contribution is 2.26. The zero-order valence-corrected chi connectivity index (χ0v) is 25.6. The Balaban J connectivity index is 1.58. The van der Waals surface area contributed by atoms with E-state index in [-0.39, 0.29) is 37.0 Å². The summed E-state index contributed by atoms with van der Waals surface area (Å²) >= 11 is 10.7. The number of nitrogens with zero attached hydrogens (tertiary/aromatic N) is 4. The van der Waals surface area contributed by atoms with E-state index in [2.05, 4.69) is 21.3 Å². The van der Waals surface area contributed by atoms with Crippen molar-refractivity contribution < 1.29 is 19.2 Å². The second-order valence-corrected chi connectivity index (χ2v) is 11.7. The predicted molar refractivity (Wildman–Crippen MR) is 158 cm³/mol. The van der Waals surface area contributed by atoms with E-state index in [0.717, 1.165) is 6.42 Å². The van der Waals surface area contributed by atoms with Crippen LogP contribution in [0.1, 0.15) is 60.8 Å². The average molecular weight is 585 g/mol. The molecule has 6 amide bonds. The first kappa shape index (κ1) is 32.5. The molecular formula is C25H44N8O4S2. The van der Waals surface area contributed by atoms with Crippen molar-refractivity contribution in [3.05, 3.63) is 0 Å². The predicted octanol–water partition coefficient (Wildman–Crippen LogP) is 1.21. The number of hydrogen-bond acceptors (Lipinski definition) is 6. The molecule has 2 heterocycles. The van der Waals surface area contributed by atoms with E-state index < -0.39 is 11.1 Å². The summed E-state index contributed by atoms with van der Waals surface area (Å²) in [6.45, 7) is 14.9. The van der Waals surface area contributed by atoms with E-state index in [4.69, 9.17) is 24.4 Å². The topological polar surface area (TPSA) is 129 Å². The molecular weight excluding hydrogens is 540 g/mol. The molecule has 0 saturated carbocycles. The molecule has 0 aromatic heterocycles. The van der Waals surface area contributed by atoms with Crippen molar-refractivity contribution in [2.24, 2.45) is 0 Å². The van der Waals surface area contributed by atoms with Crippen molar-refractivity contribution >= 4 is 58.5 Å². The molecule has 39 heavy (non-hydrogen) atoms. The van der Waals surface area contributed by atoms with Crippen molar-refractivity contribution in [3.63, 3.8) is 0 Å². The van der Waals surface area contributed by atoms with Crippen LogP contribution < -0.4 is 21.3 Å². The molecule has 12 nitrogen and oxygen atoms in total. The number of amides is 6. The molecule has 0 aromatic rings. The highest BCUT2D eigenvalue weighted by Gasteiger charge is 2.44. The molecule has 0 radical (unpaired) electrons. The van der Waals surface area contributed by atoms with Crippen LogP contribution in [0.3, 0.4) is 0 Å². The van der Waals surface area contributed by atoms with Crippen LogP contribution in [0.5, 0.6) is 0 Å². The Bertz CT molecular complexity index is 884. The highest BCUT2D eigenvalue weighted by atomic mass is 32.1. The molecule has 0 aliphatic carbocycles. The van der Waals surface area contributed by atoms with Gasteiger partial charge in [-0.15, -0.1) is 0 Å². The van der Waals surface area contributed by atoms with Crippen LogP contribution in [0.25, 0.3) is 0 Å². The number of thiocarbonyl (C=S) groups is 2. The Morgan fingerprint density at radius 1 is 0.667 bits per heavy atom. The number of imide groups is 2. The third-order valence-corrected chi connectivity index (χ3v) is 7.60.